The van der Waals surface area contributed by atoms with Gasteiger partial charge in [0.25, 0.3) is 5.91 Å². The van der Waals surface area contributed by atoms with Crippen molar-refractivity contribution in [3.05, 3.63) is 70.2 Å². The highest BCUT2D eigenvalue weighted by atomic mass is 35.5. The van der Waals surface area contributed by atoms with E-state index >= 15 is 0 Å². The van der Waals surface area contributed by atoms with Gasteiger partial charge < -0.3 is 5.32 Å². The minimum atomic E-state index is -0.0298. The summed E-state index contributed by atoms with van der Waals surface area (Å²) in [5.74, 6) is -0.0298. The average molecular weight is 393 g/mol. The number of nitrogens with zero attached hydrogens (tertiary/aromatic N) is 1. The zero-order valence-corrected chi connectivity index (χ0v) is 16.7. The highest BCUT2D eigenvalue weighted by molar-refractivity contribution is 6.31. The van der Waals surface area contributed by atoms with Crippen molar-refractivity contribution in [1.82, 2.24) is 10.2 Å². The number of rotatable bonds is 5. The van der Waals surface area contributed by atoms with Gasteiger partial charge >= 0.3 is 0 Å². The molecular weight excluding hydrogens is 367 g/mol. The van der Waals surface area contributed by atoms with Crippen molar-refractivity contribution in [2.75, 3.05) is 19.6 Å². The smallest absolute Gasteiger partial charge is 0.251 e. The van der Waals surface area contributed by atoms with Gasteiger partial charge in [-0.15, -0.1) is 12.4 Å². The fraction of sp³-hybridized carbons (Fsp3) is 0.381. The second kappa shape index (κ2) is 9.96. The topological polar surface area (TPSA) is 32.3 Å². The lowest BCUT2D eigenvalue weighted by molar-refractivity contribution is 0.0924. The lowest BCUT2D eigenvalue weighted by atomic mass is 10.0. The molecule has 1 heterocycles. The van der Waals surface area contributed by atoms with Gasteiger partial charge in [-0.1, -0.05) is 53.9 Å². The van der Waals surface area contributed by atoms with Gasteiger partial charge in [0.15, 0.2) is 0 Å². The van der Waals surface area contributed by atoms with Crippen LogP contribution in [0.15, 0.2) is 48.5 Å². The molecule has 0 aliphatic carbocycles. The predicted octanol–water partition coefficient (Wildman–Crippen LogP) is 5.03. The molecule has 1 aliphatic rings. The number of hydrogen-bond donors (Lipinski definition) is 1. The molecule has 1 saturated heterocycles. The van der Waals surface area contributed by atoms with E-state index in [1.54, 1.807) is 0 Å². The summed E-state index contributed by atoms with van der Waals surface area (Å²) < 4.78 is 0. The van der Waals surface area contributed by atoms with Crippen LogP contribution in [0, 0.1) is 6.92 Å². The summed E-state index contributed by atoms with van der Waals surface area (Å²) in [6.07, 6.45) is 3.68. The number of benzene rings is 2. The number of likely N-dealkylation sites (tertiary alicyclic amines) is 1. The lowest BCUT2D eigenvalue weighted by Gasteiger charge is -2.35. The lowest BCUT2D eigenvalue weighted by Crippen LogP contribution is -2.40. The quantitative estimate of drug-likeness (QED) is 0.773. The minimum Gasteiger partial charge on any atom is -0.350 e. The summed E-state index contributed by atoms with van der Waals surface area (Å²) in [5.41, 5.74) is 2.89. The Hall–Kier alpha value is -1.55. The maximum absolute atomic E-state index is 12.5. The summed E-state index contributed by atoms with van der Waals surface area (Å²) >= 11 is 6.45. The van der Waals surface area contributed by atoms with E-state index in [0.29, 0.717) is 12.1 Å². The number of piperidine rings is 1. The Morgan fingerprint density at radius 2 is 1.85 bits per heavy atom. The number of amides is 1. The highest BCUT2D eigenvalue weighted by Crippen LogP contribution is 2.29. The number of carbonyl (C=O) groups is 1. The first-order valence-corrected chi connectivity index (χ1v) is 9.36. The Morgan fingerprint density at radius 3 is 2.54 bits per heavy atom. The molecule has 1 amide bonds. The molecule has 1 unspecified atom stereocenters. The van der Waals surface area contributed by atoms with Gasteiger partial charge in [0.2, 0.25) is 0 Å². The predicted molar refractivity (Wildman–Crippen MR) is 110 cm³/mol. The molecule has 2 aromatic carbocycles. The van der Waals surface area contributed by atoms with Gasteiger partial charge in [-0.3, -0.25) is 9.69 Å². The number of hydrogen-bond acceptors (Lipinski definition) is 2. The Kier molecular flexibility index (Phi) is 7.95. The minimum absolute atomic E-state index is 0. The van der Waals surface area contributed by atoms with Crippen LogP contribution in [0.3, 0.4) is 0 Å². The number of nitrogens with one attached hydrogen (secondary N) is 1. The molecule has 2 aromatic rings. The van der Waals surface area contributed by atoms with E-state index < -0.39 is 0 Å². The fourth-order valence-electron chi connectivity index (χ4n) is 3.49. The normalized spacial score (nSPS) is 15.8. The van der Waals surface area contributed by atoms with E-state index in [1.165, 1.54) is 19.3 Å². The first kappa shape index (κ1) is 20.8. The van der Waals surface area contributed by atoms with Gasteiger partial charge in [-0.25, -0.2) is 0 Å². The monoisotopic (exact) mass is 392 g/mol. The van der Waals surface area contributed by atoms with Crippen LogP contribution in [0.4, 0.5) is 0 Å². The van der Waals surface area contributed by atoms with Crippen molar-refractivity contribution < 1.29 is 4.79 Å². The van der Waals surface area contributed by atoms with Gasteiger partial charge in [-0.2, -0.15) is 0 Å². The van der Waals surface area contributed by atoms with Gasteiger partial charge in [-0.05, 0) is 56.6 Å². The van der Waals surface area contributed by atoms with E-state index in [-0.39, 0.29) is 24.4 Å². The highest BCUT2D eigenvalue weighted by Gasteiger charge is 2.24. The molecule has 0 aromatic heterocycles. The van der Waals surface area contributed by atoms with Gasteiger partial charge in [0.1, 0.15) is 0 Å². The van der Waals surface area contributed by atoms with E-state index in [0.717, 1.165) is 29.2 Å². The van der Waals surface area contributed by atoms with E-state index in [9.17, 15) is 4.79 Å². The van der Waals surface area contributed by atoms with Crippen LogP contribution in [0.1, 0.15) is 46.8 Å². The molecule has 5 heteroatoms. The fourth-order valence-corrected chi connectivity index (χ4v) is 3.75. The Bertz CT molecular complexity index is 729. The maximum atomic E-state index is 12.5. The van der Waals surface area contributed by atoms with Crippen LogP contribution in [0.5, 0.6) is 0 Å². The Morgan fingerprint density at radius 1 is 1.12 bits per heavy atom. The number of aryl methyl sites for hydroxylation is 1. The SMILES string of the molecule is Cc1cccc(C(=O)NCC(c2ccccc2Cl)N2CCCCC2)c1.Cl. The van der Waals surface area contributed by atoms with Crippen molar-refractivity contribution in [2.45, 2.75) is 32.2 Å². The molecule has 0 bridgehead atoms. The molecule has 1 aliphatic heterocycles. The standard InChI is InChI=1S/C21H25ClN2O.ClH/c1-16-8-7-9-17(14-16)21(25)23-15-20(24-12-5-2-6-13-24)18-10-3-4-11-19(18)22;/h3-4,7-11,14,20H,2,5-6,12-13,15H2,1H3,(H,23,25);1H. The molecule has 0 radical (unpaired) electrons. The van der Waals surface area contributed by atoms with Crippen LogP contribution in [-0.4, -0.2) is 30.4 Å². The summed E-state index contributed by atoms with van der Waals surface area (Å²) in [5, 5.41) is 3.88. The van der Waals surface area contributed by atoms with E-state index in [1.807, 2.05) is 49.4 Å². The molecule has 1 atom stereocenters. The van der Waals surface area contributed by atoms with Crippen LogP contribution in [0.25, 0.3) is 0 Å². The molecule has 26 heavy (non-hydrogen) atoms. The molecule has 3 nitrogen and oxygen atoms in total. The summed E-state index contributed by atoms with van der Waals surface area (Å²) in [6, 6.07) is 15.8. The summed E-state index contributed by atoms with van der Waals surface area (Å²) in [6.45, 7) is 4.67. The third-order valence-corrected chi connectivity index (χ3v) is 5.18. The summed E-state index contributed by atoms with van der Waals surface area (Å²) in [7, 11) is 0. The molecule has 0 saturated carbocycles. The largest absolute Gasteiger partial charge is 0.350 e. The van der Waals surface area contributed by atoms with E-state index in [2.05, 4.69) is 16.3 Å². The average Bonchev–Trinajstić information content (AvgIpc) is 2.64. The van der Waals surface area contributed by atoms with Gasteiger partial charge in [0.05, 0.1) is 6.04 Å². The van der Waals surface area contributed by atoms with Crippen molar-refractivity contribution in [2.24, 2.45) is 0 Å². The maximum Gasteiger partial charge on any atom is 0.251 e. The van der Waals surface area contributed by atoms with Crippen molar-refractivity contribution >= 4 is 29.9 Å². The zero-order chi connectivity index (χ0) is 17.6. The van der Waals surface area contributed by atoms with Crippen LogP contribution in [0.2, 0.25) is 5.02 Å². The number of halogens is 2. The first-order chi connectivity index (χ1) is 12.1. The second-order valence-electron chi connectivity index (χ2n) is 6.71. The molecule has 1 fully saturated rings. The van der Waals surface area contributed by atoms with Crippen LogP contribution in [-0.2, 0) is 0 Å². The first-order valence-electron chi connectivity index (χ1n) is 8.98. The molecule has 1 N–H and O–H groups in total. The molecular formula is C21H26Cl2N2O. The molecule has 0 spiro atoms. The van der Waals surface area contributed by atoms with Crippen molar-refractivity contribution in [3.8, 4) is 0 Å². The third kappa shape index (κ3) is 5.23. The van der Waals surface area contributed by atoms with Crippen molar-refractivity contribution in [1.29, 1.82) is 0 Å². The Balaban J connectivity index is 0.00000243. The zero-order valence-electron chi connectivity index (χ0n) is 15.1. The van der Waals surface area contributed by atoms with Crippen LogP contribution >= 0.6 is 24.0 Å². The Labute approximate surface area is 167 Å². The second-order valence-corrected chi connectivity index (χ2v) is 7.12. The van der Waals surface area contributed by atoms with Crippen LogP contribution < -0.4 is 5.32 Å². The summed E-state index contributed by atoms with van der Waals surface area (Å²) in [4.78, 5) is 15.0. The van der Waals surface area contributed by atoms with Gasteiger partial charge in [0, 0.05) is 17.1 Å². The molecule has 3 rings (SSSR count). The number of carbonyl (C=O) groups excluding carboxylic acids is 1. The van der Waals surface area contributed by atoms with E-state index in [4.69, 9.17) is 11.6 Å². The molecule has 140 valence electrons. The van der Waals surface area contributed by atoms with Crippen molar-refractivity contribution in [3.63, 3.8) is 0 Å². The third-order valence-electron chi connectivity index (χ3n) is 4.83.